The van der Waals surface area contributed by atoms with E-state index in [0.717, 1.165) is 17.3 Å². The molecular weight excluding hydrogens is 256 g/mol. The molecule has 2 rings (SSSR count). The van der Waals surface area contributed by atoms with Crippen LogP contribution in [0.15, 0.2) is 21.2 Å². The van der Waals surface area contributed by atoms with Crippen LogP contribution in [0.4, 0.5) is 0 Å². The van der Waals surface area contributed by atoms with Gasteiger partial charge in [0.15, 0.2) is 5.76 Å². The number of carbonyl (C=O) groups is 1. The van der Waals surface area contributed by atoms with Crippen molar-refractivity contribution in [3.63, 3.8) is 0 Å². The lowest BCUT2D eigenvalue weighted by molar-refractivity contribution is 0.0806. The van der Waals surface area contributed by atoms with E-state index < -0.39 is 0 Å². The molecule has 1 aromatic rings. The van der Waals surface area contributed by atoms with Crippen LogP contribution in [-0.4, -0.2) is 5.78 Å². The van der Waals surface area contributed by atoms with Gasteiger partial charge in [0.1, 0.15) is 0 Å². The smallest absolute Gasteiger partial charge is 0.202 e. The standard InChI is InChI=1S/C12H15BrO2/c1-8-4-2-3-5-9(8)11(14)12-10(13)6-7-15-12/h6-9H,2-5H2,1H3. The fourth-order valence-electron chi connectivity index (χ4n) is 2.34. The van der Waals surface area contributed by atoms with E-state index in [1.165, 1.54) is 12.8 Å². The van der Waals surface area contributed by atoms with Crippen molar-refractivity contribution in [1.29, 1.82) is 0 Å². The van der Waals surface area contributed by atoms with Crippen molar-refractivity contribution < 1.29 is 9.21 Å². The predicted molar refractivity (Wildman–Crippen MR) is 61.9 cm³/mol. The first-order chi connectivity index (χ1) is 7.20. The molecule has 1 aliphatic rings. The lowest BCUT2D eigenvalue weighted by Gasteiger charge is -2.26. The topological polar surface area (TPSA) is 30.2 Å². The lowest BCUT2D eigenvalue weighted by Crippen LogP contribution is -2.25. The molecule has 1 aromatic heterocycles. The van der Waals surface area contributed by atoms with E-state index in [2.05, 4.69) is 22.9 Å². The fourth-order valence-corrected chi connectivity index (χ4v) is 2.74. The molecule has 0 saturated heterocycles. The largest absolute Gasteiger partial charge is 0.460 e. The third-order valence-corrected chi connectivity index (χ3v) is 3.91. The van der Waals surface area contributed by atoms with Crippen LogP contribution in [0.25, 0.3) is 0 Å². The summed E-state index contributed by atoms with van der Waals surface area (Å²) in [5.74, 6) is 1.30. The molecule has 1 fully saturated rings. The Balaban J connectivity index is 2.17. The van der Waals surface area contributed by atoms with Crippen LogP contribution >= 0.6 is 15.9 Å². The van der Waals surface area contributed by atoms with Crippen molar-refractivity contribution in [3.8, 4) is 0 Å². The Kier molecular flexibility index (Phi) is 3.29. The third kappa shape index (κ3) is 2.17. The van der Waals surface area contributed by atoms with E-state index in [9.17, 15) is 4.79 Å². The van der Waals surface area contributed by atoms with Crippen molar-refractivity contribution in [2.75, 3.05) is 0 Å². The SMILES string of the molecule is CC1CCCCC1C(=O)c1occc1Br. The molecule has 15 heavy (non-hydrogen) atoms. The maximum atomic E-state index is 12.2. The predicted octanol–water partition coefficient (Wildman–Crippen LogP) is 4.05. The van der Waals surface area contributed by atoms with Crippen LogP contribution in [0.2, 0.25) is 0 Å². The van der Waals surface area contributed by atoms with Crippen LogP contribution < -0.4 is 0 Å². The summed E-state index contributed by atoms with van der Waals surface area (Å²) >= 11 is 3.34. The summed E-state index contributed by atoms with van der Waals surface area (Å²) in [7, 11) is 0. The number of Topliss-reactive ketones (excluding diaryl/α,β-unsaturated/α-hetero) is 1. The van der Waals surface area contributed by atoms with E-state index in [1.54, 1.807) is 12.3 Å². The van der Waals surface area contributed by atoms with Gasteiger partial charge in [-0.05, 0) is 34.3 Å². The van der Waals surface area contributed by atoms with Gasteiger partial charge in [-0.2, -0.15) is 0 Å². The first-order valence-electron chi connectivity index (χ1n) is 5.47. The molecule has 0 amide bonds. The minimum atomic E-state index is 0.154. The average Bonchev–Trinajstić information content (AvgIpc) is 2.64. The highest BCUT2D eigenvalue weighted by atomic mass is 79.9. The third-order valence-electron chi connectivity index (χ3n) is 3.29. The molecule has 0 spiro atoms. The molecule has 0 bridgehead atoms. The zero-order valence-corrected chi connectivity index (χ0v) is 10.4. The van der Waals surface area contributed by atoms with E-state index in [1.807, 2.05) is 0 Å². The summed E-state index contributed by atoms with van der Waals surface area (Å²) in [6.45, 7) is 2.17. The Morgan fingerprint density at radius 1 is 1.47 bits per heavy atom. The van der Waals surface area contributed by atoms with Crippen LogP contribution in [0.5, 0.6) is 0 Å². The highest BCUT2D eigenvalue weighted by molar-refractivity contribution is 9.10. The van der Waals surface area contributed by atoms with Gasteiger partial charge in [-0.3, -0.25) is 4.79 Å². The zero-order chi connectivity index (χ0) is 10.8. The van der Waals surface area contributed by atoms with Crippen LogP contribution in [0.1, 0.15) is 43.2 Å². The molecule has 1 heterocycles. The molecule has 0 radical (unpaired) electrons. The zero-order valence-electron chi connectivity index (χ0n) is 8.83. The quantitative estimate of drug-likeness (QED) is 0.759. The summed E-state index contributed by atoms with van der Waals surface area (Å²) in [6, 6.07) is 1.78. The molecule has 0 aliphatic heterocycles. The van der Waals surface area contributed by atoms with Crippen molar-refractivity contribution >= 4 is 21.7 Å². The Hall–Kier alpha value is -0.570. The second-order valence-corrected chi connectivity index (χ2v) is 5.18. The molecule has 2 nitrogen and oxygen atoms in total. The van der Waals surface area contributed by atoms with Crippen LogP contribution in [-0.2, 0) is 0 Å². The number of ketones is 1. The number of hydrogen-bond donors (Lipinski definition) is 0. The lowest BCUT2D eigenvalue weighted by atomic mass is 9.77. The van der Waals surface area contributed by atoms with Gasteiger partial charge in [0, 0.05) is 5.92 Å². The first kappa shape index (κ1) is 10.9. The van der Waals surface area contributed by atoms with Gasteiger partial charge in [0.05, 0.1) is 10.7 Å². The molecule has 1 saturated carbocycles. The van der Waals surface area contributed by atoms with Crippen molar-refractivity contribution in [3.05, 3.63) is 22.6 Å². The Morgan fingerprint density at radius 3 is 2.80 bits per heavy atom. The fraction of sp³-hybridized carbons (Fsp3) is 0.583. The van der Waals surface area contributed by atoms with Gasteiger partial charge in [-0.15, -0.1) is 0 Å². The van der Waals surface area contributed by atoms with Gasteiger partial charge in [0.25, 0.3) is 0 Å². The molecule has 2 atom stereocenters. The van der Waals surface area contributed by atoms with Crippen molar-refractivity contribution in [1.82, 2.24) is 0 Å². The minimum absolute atomic E-state index is 0.154. The van der Waals surface area contributed by atoms with Gasteiger partial charge in [0.2, 0.25) is 5.78 Å². The van der Waals surface area contributed by atoms with E-state index in [4.69, 9.17) is 4.42 Å². The summed E-state index contributed by atoms with van der Waals surface area (Å²) in [5.41, 5.74) is 0. The van der Waals surface area contributed by atoms with E-state index in [0.29, 0.717) is 11.7 Å². The minimum Gasteiger partial charge on any atom is -0.460 e. The highest BCUT2D eigenvalue weighted by Crippen LogP contribution is 2.33. The molecule has 82 valence electrons. The van der Waals surface area contributed by atoms with Crippen molar-refractivity contribution in [2.24, 2.45) is 11.8 Å². The summed E-state index contributed by atoms with van der Waals surface area (Å²) in [5, 5.41) is 0. The molecule has 1 aliphatic carbocycles. The Morgan fingerprint density at radius 2 is 2.20 bits per heavy atom. The van der Waals surface area contributed by atoms with Gasteiger partial charge in [-0.1, -0.05) is 26.2 Å². The highest BCUT2D eigenvalue weighted by Gasteiger charge is 2.31. The summed E-state index contributed by atoms with van der Waals surface area (Å²) in [6.07, 6.45) is 6.15. The van der Waals surface area contributed by atoms with Gasteiger partial charge < -0.3 is 4.42 Å². The average molecular weight is 271 g/mol. The van der Waals surface area contributed by atoms with E-state index >= 15 is 0 Å². The van der Waals surface area contributed by atoms with E-state index in [-0.39, 0.29) is 11.7 Å². The van der Waals surface area contributed by atoms with Crippen LogP contribution in [0.3, 0.4) is 0 Å². The number of carbonyl (C=O) groups excluding carboxylic acids is 1. The molecular formula is C12H15BrO2. The maximum Gasteiger partial charge on any atom is 0.202 e. The second kappa shape index (κ2) is 4.52. The van der Waals surface area contributed by atoms with Crippen LogP contribution in [0, 0.1) is 11.8 Å². The molecule has 0 aromatic carbocycles. The normalized spacial score (nSPS) is 26.5. The monoisotopic (exact) mass is 270 g/mol. The van der Waals surface area contributed by atoms with Crippen molar-refractivity contribution in [2.45, 2.75) is 32.6 Å². The first-order valence-corrected chi connectivity index (χ1v) is 6.26. The summed E-state index contributed by atoms with van der Waals surface area (Å²) in [4.78, 5) is 12.2. The summed E-state index contributed by atoms with van der Waals surface area (Å²) < 4.78 is 6.01. The number of hydrogen-bond acceptors (Lipinski definition) is 2. The Labute approximate surface area is 98.2 Å². The van der Waals surface area contributed by atoms with Gasteiger partial charge in [-0.25, -0.2) is 0 Å². The number of rotatable bonds is 2. The van der Waals surface area contributed by atoms with Gasteiger partial charge >= 0.3 is 0 Å². The second-order valence-electron chi connectivity index (χ2n) is 4.33. The molecule has 2 unspecified atom stereocenters. The molecule has 0 N–H and O–H groups in total. The molecule has 3 heteroatoms. The number of furan rings is 1. The Bertz CT molecular complexity index is 356. The maximum absolute atomic E-state index is 12.2. The number of halogens is 1.